The summed E-state index contributed by atoms with van der Waals surface area (Å²) in [4.78, 5) is 3.52. The highest BCUT2D eigenvalue weighted by Crippen LogP contribution is 2.46. The van der Waals surface area contributed by atoms with E-state index >= 15 is 0 Å². The van der Waals surface area contributed by atoms with E-state index in [1.165, 1.54) is 15.9 Å². The lowest BCUT2D eigenvalue weighted by Crippen LogP contribution is -2.44. The minimum absolute atomic E-state index is 0.00961. The number of nitrogens with zero attached hydrogens (tertiary/aromatic N) is 2. The highest BCUT2D eigenvalue weighted by molar-refractivity contribution is 7.91. The number of rotatable bonds is 8. The highest BCUT2D eigenvalue weighted by atomic mass is 35.5. The van der Waals surface area contributed by atoms with Crippen molar-refractivity contribution < 1.29 is 13.0 Å². The maximum absolute atomic E-state index is 13.4. The molecule has 0 saturated carbocycles. The Morgan fingerprint density at radius 2 is 1.67 bits per heavy atom. The third-order valence-electron chi connectivity index (χ3n) is 8.14. The van der Waals surface area contributed by atoms with E-state index in [1.54, 1.807) is 31.3 Å². The van der Waals surface area contributed by atoms with Crippen molar-refractivity contribution in [1.82, 2.24) is 9.21 Å². The summed E-state index contributed by atoms with van der Waals surface area (Å²) in [6, 6.07) is 20.2. The molecule has 208 valence electrons. The molecule has 2 atom stereocenters. The Hall–Kier alpha value is -1.29. The van der Waals surface area contributed by atoms with Gasteiger partial charge in [0, 0.05) is 24.6 Å². The van der Waals surface area contributed by atoms with E-state index in [-0.39, 0.29) is 27.8 Å². The van der Waals surface area contributed by atoms with Gasteiger partial charge in [0.05, 0.1) is 15.1 Å². The second kappa shape index (κ2) is 11.9. The average molecular weight is 626 g/mol. The smallest absolute Gasteiger partial charge is 0.244 e. The van der Waals surface area contributed by atoms with E-state index in [2.05, 4.69) is 11.0 Å². The molecule has 0 radical (unpaired) electrons. The third kappa shape index (κ3) is 6.02. The molecular formula is C29H31Cl3N2O3S2. The summed E-state index contributed by atoms with van der Waals surface area (Å²) < 4.78 is 40.9. The molecule has 2 heterocycles. The molecule has 0 N–H and O–H groups in total. The van der Waals surface area contributed by atoms with Gasteiger partial charge in [-0.1, -0.05) is 71.2 Å². The van der Waals surface area contributed by atoms with Crippen molar-refractivity contribution in [2.75, 3.05) is 39.0 Å². The minimum atomic E-state index is -3.78. The molecule has 5 nitrogen and oxygen atoms in total. The fourth-order valence-corrected chi connectivity index (χ4v) is 9.70. The summed E-state index contributed by atoms with van der Waals surface area (Å²) in [6.07, 6.45) is 2.68. The number of likely N-dealkylation sites (N-methyl/N-ethyl adjacent to an activating group) is 1. The van der Waals surface area contributed by atoms with Crippen LogP contribution in [0, 0.1) is 0 Å². The monoisotopic (exact) mass is 624 g/mol. The van der Waals surface area contributed by atoms with Crippen molar-refractivity contribution >= 4 is 56.0 Å². The fraction of sp³-hybridized carbons (Fsp3) is 0.379. The van der Waals surface area contributed by atoms with Gasteiger partial charge >= 0.3 is 0 Å². The molecule has 3 aromatic rings. The molecule has 1 saturated heterocycles. The Morgan fingerprint density at radius 1 is 0.974 bits per heavy atom. The first-order valence-electron chi connectivity index (χ1n) is 13.0. The topological polar surface area (TPSA) is 63.7 Å². The van der Waals surface area contributed by atoms with Crippen LogP contribution < -0.4 is 0 Å². The lowest BCUT2D eigenvalue weighted by molar-refractivity contribution is 0.165. The molecule has 2 aliphatic heterocycles. The molecule has 10 heteroatoms. The van der Waals surface area contributed by atoms with Crippen molar-refractivity contribution in [3.63, 3.8) is 0 Å². The summed E-state index contributed by atoms with van der Waals surface area (Å²) in [5.41, 5.74) is 2.19. The predicted molar refractivity (Wildman–Crippen MR) is 160 cm³/mol. The Bertz CT molecular complexity index is 1450. The van der Waals surface area contributed by atoms with Crippen molar-refractivity contribution in [3.05, 3.63) is 92.9 Å². The Balaban J connectivity index is 1.30. The number of fused-ring (bicyclic) bond motifs is 2. The molecule has 2 aliphatic rings. The number of likely N-dealkylation sites (tertiary alicyclic amines) is 1. The van der Waals surface area contributed by atoms with E-state index in [0.29, 0.717) is 15.8 Å². The van der Waals surface area contributed by atoms with Crippen LogP contribution in [0.3, 0.4) is 0 Å². The summed E-state index contributed by atoms with van der Waals surface area (Å²) in [6.45, 7) is 2.90. The standard InChI is InChI=1S/C29H31Cl3N2O3S2/c1-33(39(36,37)28-9-5-3-7-25(28)31)19-22(21-10-11-24(30)26(32)18-21)12-15-34-16-13-29(14-17-34)20-38(35)27-8-4-2-6-23(27)29/h2-11,18,22H,12-17,19-20H2,1H3/t22-,38?/m1/s1. The van der Waals surface area contributed by atoms with E-state index in [4.69, 9.17) is 34.8 Å². The first-order chi connectivity index (χ1) is 18.6. The summed E-state index contributed by atoms with van der Waals surface area (Å²) >= 11 is 17.8. The molecule has 0 amide bonds. The SMILES string of the molecule is CN(C[C@@H](CCN1CCC2(CC1)C[S+]([O-])c1ccccc12)c1ccc(Cl)c(Cl)c1)S(=O)(=O)c1ccccc1Cl. The molecule has 3 aromatic carbocycles. The maximum Gasteiger partial charge on any atom is 0.244 e. The fourth-order valence-electron chi connectivity index (χ4n) is 5.83. The lowest BCUT2D eigenvalue weighted by atomic mass is 9.74. The predicted octanol–water partition coefficient (Wildman–Crippen LogP) is 6.60. The number of sulfonamides is 1. The van der Waals surface area contributed by atoms with Gasteiger partial charge in [0.2, 0.25) is 10.0 Å². The Labute approximate surface area is 249 Å². The normalized spacial score (nSPS) is 19.9. The molecule has 5 rings (SSSR count). The van der Waals surface area contributed by atoms with Crippen molar-refractivity contribution in [3.8, 4) is 0 Å². The second-order valence-corrected chi connectivity index (χ2v) is 15.1. The van der Waals surface area contributed by atoms with Gasteiger partial charge in [-0.2, -0.15) is 0 Å². The van der Waals surface area contributed by atoms with Crippen molar-refractivity contribution in [2.24, 2.45) is 0 Å². The van der Waals surface area contributed by atoms with Gasteiger partial charge in [0.25, 0.3) is 0 Å². The Kier molecular flexibility index (Phi) is 8.92. The zero-order valence-corrected chi connectivity index (χ0v) is 25.6. The number of halogens is 3. The van der Waals surface area contributed by atoms with Gasteiger partial charge in [-0.25, -0.2) is 12.7 Å². The summed E-state index contributed by atoms with van der Waals surface area (Å²) in [5, 5.41) is 1.11. The van der Waals surface area contributed by atoms with Gasteiger partial charge < -0.3 is 9.45 Å². The molecule has 0 bridgehead atoms. The lowest BCUT2D eigenvalue weighted by Gasteiger charge is -2.38. The third-order valence-corrected chi connectivity index (χ3v) is 12.9. The minimum Gasteiger partial charge on any atom is -0.611 e. The van der Waals surface area contributed by atoms with Crippen LogP contribution in [-0.4, -0.2) is 61.2 Å². The number of piperidine rings is 1. The largest absolute Gasteiger partial charge is 0.611 e. The molecular weight excluding hydrogens is 595 g/mol. The van der Waals surface area contributed by atoms with Gasteiger partial charge in [0.1, 0.15) is 10.6 Å². The zero-order valence-electron chi connectivity index (χ0n) is 21.7. The van der Waals surface area contributed by atoms with Crippen LogP contribution in [0.4, 0.5) is 0 Å². The van der Waals surface area contributed by atoms with E-state index in [1.807, 2.05) is 30.3 Å². The average Bonchev–Trinajstić information content (AvgIpc) is 3.20. The summed E-state index contributed by atoms with van der Waals surface area (Å²) in [5.74, 6) is 0.606. The van der Waals surface area contributed by atoms with Gasteiger partial charge in [-0.05, 0) is 91.9 Å². The van der Waals surface area contributed by atoms with Gasteiger partial charge in [0.15, 0.2) is 4.90 Å². The molecule has 39 heavy (non-hydrogen) atoms. The van der Waals surface area contributed by atoms with E-state index in [9.17, 15) is 13.0 Å². The van der Waals surface area contributed by atoms with Gasteiger partial charge in [-0.3, -0.25) is 0 Å². The second-order valence-electron chi connectivity index (χ2n) is 10.5. The van der Waals surface area contributed by atoms with Crippen LogP contribution in [0.5, 0.6) is 0 Å². The maximum atomic E-state index is 13.4. The van der Waals surface area contributed by atoms with Crippen molar-refractivity contribution in [1.29, 1.82) is 0 Å². The molecule has 1 unspecified atom stereocenters. The first-order valence-corrected chi connectivity index (χ1v) is 16.9. The highest BCUT2D eigenvalue weighted by Gasteiger charge is 2.48. The zero-order chi connectivity index (χ0) is 27.8. The van der Waals surface area contributed by atoms with Crippen molar-refractivity contribution in [2.45, 2.75) is 40.4 Å². The molecule has 1 fully saturated rings. The van der Waals surface area contributed by atoms with Crippen LogP contribution in [-0.2, 0) is 26.6 Å². The van der Waals surface area contributed by atoms with E-state index in [0.717, 1.165) is 49.4 Å². The van der Waals surface area contributed by atoms with Crippen LogP contribution in [0.1, 0.15) is 36.3 Å². The first kappa shape index (κ1) is 29.2. The summed E-state index contributed by atoms with van der Waals surface area (Å²) in [7, 11) is -2.19. The number of benzene rings is 3. The molecule has 0 aliphatic carbocycles. The van der Waals surface area contributed by atoms with Gasteiger partial charge in [-0.15, -0.1) is 0 Å². The van der Waals surface area contributed by atoms with E-state index < -0.39 is 21.2 Å². The number of hydrogen-bond acceptors (Lipinski definition) is 4. The Morgan fingerprint density at radius 3 is 2.38 bits per heavy atom. The van der Waals surface area contributed by atoms with Crippen LogP contribution in [0.2, 0.25) is 15.1 Å². The number of hydrogen-bond donors (Lipinski definition) is 0. The van der Waals surface area contributed by atoms with Crippen LogP contribution in [0.25, 0.3) is 0 Å². The van der Waals surface area contributed by atoms with Crippen LogP contribution >= 0.6 is 34.8 Å². The van der Waals surface area contributed by atoms with Crippen LogP contribution in [0.15, 0.2) is 76.5 Å². The molecule has 1 spiro atoms. The molecule has 0 aromatic heterocycles. The quantitative estimate of drug-likeness (QED) is 0.265.